The Balaban J connectivity index is 2.83. The molecule has 2 N–H and O–H groups in total. The Labute approximate surface area is 90.4 Å². The molecular formula is C10H16N2O2S. The summed E-state index contributed by atoms with van der Waals surface area (Å²) in [6.07, 6.45) is 4.01. The number of nitrogens with two attached hydrogens (primary N) is 1. The van der Waals surface area contributed by atoms with Crippen molar-refractivity contribution in [2.24, 2.45) is 0 Å². The van der Waals surface area contributed by atoms with Crippen LogP contribution in [0, 0.1) is 0 Å². The summed E-state index contributed by atoms with van der Waals surface area (Å²) < 4.78 is 23.6. The molecule has 1 rings (SSSR count). The molecule has 0 saturated heterocycles. The molecule has 0 fully saturated rings. The minimum atomic E-state index is -3.30. The Morgan fingerprint density at radius 2 is 2.13 bits per heavy atom. The van der Waals surface area contributed by atoms with Crippen molar-refractivity contribution < 1.29 is 8.42 Å². The van der Waals surface area contributed by atoms with Gasteiger partial charge in [0.2, 0.25) is 0 Å². The maximum Gasteiger partial charge on any atom is 0.197 e. The average molecular weight is 228 g/mol. The van der Waals surface area contributed by atoms with Crippen LogP contribution in [0.1, 0.15) is 26.2 Å². The molecule has 0 atom stereocenters. The normalized spacial score (nSPS) is 11.5. The lowest BCUT2D eigenvalue weighted by molar-refractivity contribution is 0.588. The molecule has 84 valence electrons. The zero-order chi connectivity index (χ0) is 11.3. The Bertz CT molecular complexity index is 415. The fourth-order valence-electron chi connectivity index (χ4n) is 1.30. The molecule has 1 heterocycles. The van der Waals surface area contributed by atoms with Gasteiger partial charge in [0.25, 0.3) is 0 Å². The average Bonchev–Trinajstić information content (AvgIpc) is 2.18. The molecule has 0 aliphatic rings. The highest BCUT2D eigenvalue weighted by Gasteiger charge is 2.17. The summed E-state index contributed by atoms with van der Waals surface area (Å²) in [6.45, 7) is 2.03. The third-order valence-electron chi connectivity index (χ3n) is 2.11. The molecule has 0 aromatic carbocycles. The lowest BCUT2D eigenvalue weighted by Gasteiger charge is -2.05. The van der Waals surface area contributed by atoms with Crippen LogP contribution in [0.3, 0.4) is 0 Å². The maximum absolute atomic E-state index is 11.8. The van der Waals surface area contributed by atoms with Gasteiger partial charge in [0.05, 0.1) is 11.4 Å². The number of nitrogens with zero attached hydrogens (tertiary/aromatic N) is 1. The maximum atomic E-state index is 11.8. The van der Waals surface area contributed by atoms with Crippen molar-refractivity contribution in [2.45, 2.75) is 31.2 Å². The van der Waals surface area contributed by atoms with E-state index in [4.69, 9.17) is 5.73 Å². The van der Waals surface area contributed by atoms with Gasteiger partial charge in [0, 0.05) is 6.20 Å². The highest BCUT2D eigenvalue weighted by molar-refractivity contribution is 7.91. The smallest absolute Gasteiger partial charge is 0.197 e. The molecule has 0 radical (unpaired) electrons. The van der Waals surface area contributed by atoms with Crippen molar-refractivity contribution in [3.63, 3.8) is 0 Å². The Morgan fingerprint density at radius 3 is 2.73 bits per heavy atom. The first-order valence-corrected chi connectivity index (χ1v) is 6.66. The van der Waals surface area contributed by atoms with E-state index in [2.05, 4.69) is 4.98 Å². The monoisotopic (exact) mass is 228 g/mol. The van der Waals surface area contributed by atoms with Gasteiger partial charge >= 0.3 is 0 Å². The lowest BCUT2D eigenvalue weighted by atomic mass is 10.3. The number of anilines is 1. The molecule has 0 aliphatic carbocycles. The summed E-state index contributed by atoms with van der Waals surface area (Å²) in [5.74, 6) is 0.127. The number of hydrogen-bond acceptors (Lipinski definition) is 4. The highest BCUT2D eigenvalue weighted by Crippen LogP contribution is 2.16. The molecular weight excluding hydrogens is 212 g/mol. The second-order valence-corrected chi connectivity index (χ2v) is 5.45. The zero-order valence-corrected chi connectivity index (χ0v) is 9.63. The van der Waals surface area contributed by atoms with E-state index in [0.717, 1.165) is 12.8 Å². The minimum Gasteiger partial charge on any atom is -0.396 e. The summed E-state index contributed by atoms with van der Waals surface area (Å²) >= 11 is 0. The number of pyridine rings is 1. The van der Waals surface area contributed by atoms with Crippen molar-refractivity contribution in [2.75, 3.05) is 11.5 Å². The topological polar surface area (TPSA) is 73.0 Å². The lowest BCUT2D eigenvalue weighted by Crippen LogP contribution is -2.11. The summed E-state index contributed by atoms with van der Waals surface area (Å²) in [4.78, 5) is 3.82. The molecule has 0 unspecified atom stereocenters. The first kappa shape index (κ1) is 12.0. The van der Waals surface area contributed by atoms with E-state index in [-0.39, 0.29) is 16.5 Å². The highest BCUT2D eigenvalue weighted by atomic mass is 32.2. The first-order valence-electron chi connectivity index (χ1n) is 5.01. The second-order valence-electron chi connectivity index (χ2n) is 3.42. The van der Waals surface area contributed by atoms with Gasteiger partial charge in [-0.05, 0) is 18.6 Å². The molecule has 0 aliphatic heterocycles. The van der Waals surface area contributed by atoms with E-state index in [1.165, 1.54) is 6.20 Å². The number of sulfone groups is 1. The second kappa shape index (κ2) is 5.11. The molecule has 1 aromatic rings. The summed E-state index contributed by atoms with van der Waals surface area (Å²) in [5, 5.41) is 0.0149. The van der Waals surface area contributed by atoms with E-state index in [1.54, 1.807) is 12.1 Å². The molecule has 5 heteroatoms. The predicted octanol–water partition coefficient (Wildman–Crippen LogP) is 1.63. The Kier molecular flexibility index (Phi) is 4.08. The number of nitrogen functional groups attached to an aromatic ring is 1. The number of aromatic nitrogens is 1. The van der Waals surface area contributed by atoms with Crippen LogP contribution < -0.4 is 5.73 Å². The van der Waals surface area contributed by atoms with E-state index < -0.39 is 9.84 Å². The van der Waals surface area contributed by atoms with Crippen LogP contribution in [0.2, 0.25) is 0 Å². The van der Waals surface area contributed by atoms with Gasteiger partial charge in [0.15, 0.2) is 14.9 Å². The van der Waals surface area contributed by atoms with Gasteiger partial charge in [-0.25, -0.2) is 13.4 Å². The van der Waals surface area contributed by atoms with Gasteiger partial charge < -0.3 is 5.73 Å². The zero-order valence-electron chi connectivity index (χ0n) is 8.81. The molecule has 15 heavy (non-hydrogen) atoms. The fourth-order valence-corrected chi connectivity index (χ4v) is 2.73. The first-order chi connectivity index (χ1) is 7.08. The summed E-state index contributed by atoms with van der Waals surface area (Å²) in [5.41, 5.74) is 5.80. The molecule has 0 amide bonds. The van der Waals surface area contributed by atoms with E-state index in [9.17, 15) is 8.42 Å². The van der Waals surface area contributed by atoms with Crippen molar-refractivity contribution in [3.8, 4) is 0 Å². The van der Waals surface area contributed by atoms with E-state index in [0.29, 0.717) is 6.42 Å². The van der Waals surface area contributed by atoms with Crippen LogP contribution in [0.15, 0.2) is 23.4 Å². The number of unbranched alkanes of at least 4 members (excludes halogenated alkanes) is 2. The molecule has 4 nitrogen and oxygen atoms in total. The van der Waals surface area contributed by atoms with Crippen molar-refractivity contribution in [1.29, 1.82) is 0 Å². The Hall–Kier alpha value is -1.10. The molecule has 0 bridgehead atoms. The number of hydrogen-bond donors (Lipinski definition) is 1. The van der Waals surface area contributed by atoms with Crippen LogP contribution in [0.25, 0.3) is 0 Å². The summed E-state index contributed by atoms with van der Waals surface area (Å²) in [7, 11) is -3.30. The third kappa shape index (κ3) is 3.20. The van der Waals surface area contributed by atoms with E-state index in [1.807, 2.05) is 6.92 Å². The van der Waals surface area contributed by atoms with Crippen LogP contribution in [-0.4, -0.2) is 19.2 Å². The summed E-state index contributed by atoms with van der Waals surface area (Å²) in [6, 6.07) is 3.18. The van der Waals surface area contributed by atoms with Crippen LogP contribution in [-0.2, 0) is 9.84 Å². The Morgan fingerprint density at radius 1 is 1.40 bits per heavy atom. The molecule has 1 aromatic heterocycles. The van der Waals surface area contributed by atoms with Crippen molar-refractivity contribution >= 4 is 15.5 Å². The van der Waals surface area contributed by atoms with Gasteiger partial charge in [-0.2, -0.15) is 0 Å². The van der Waals surface area contributed by atoms with Crippen LogP contribution in [0.4, 0.5) is 5.69 Å². The predicted molar refractivity (Wildman–Crippen MR) is 60.2 cm³/mol. The van der Waals surface area contributed by atoms with Gasteiger partial charge in [-0.1, -0.05) is 19.8 Å². The SMILES string of the molecule is CCCCCS(=O)(=O)c1ncccc1N. The van der Waals surface area contributed by atoms with E-state index >= 15 is 0 Å². The standard InChI is InChI=1S/C10H16N2O2S/c1-2-3-4-8-15(13,14)10-9(11)6-5-7-12-10/h5-7H,2-4,8,11H2,1H3. The van der Waals surface area contributed by atoms with Gasteiger partial charge in [0.1, 0.15) is 0 Å². The van der Waals surface area contributed by atoms with Gasteiger partial charge in [-0.15, -0.1) is 0 Å². The van der Waals surface area contributed by atoms with Crippen molar-refractivity contribution in [3.05, 3.63) is 18.3 Å². The fraction of sp³-hybridized carbons (Fsp3) is 0.500. The quantitative estimate of drug-likeness (QED) is 0.777. The number of rotatable bonds is 5. The van der Waals surface area contributed by atoms with Gasteiger partial charge in [-0.3, -0.25) is 0 Å². The van der Waals surface area contributed by atoms with Crippen LogP contribution in [0.5, 0.6) is 0 Å². The third-order valence-corrected chi connectivity index (χ3v) is 3.87. The molecule has 0 spiro atoms. The molecule has 0 saturated carbocycles. The van der Waals surface area contributed by atoms with Crippen molar-refractivity contribution in [1.82, 2.24) is 4.98 Å². The van der Waals surface area contributed by atoms with Crippen LogP contribution >= 0.6 is 0 Å². The largest absolute Gasteiger partial charge is 0.396 e. The minimum absolute atomic E-state index is 0.0149.